The molecule has 17 nitrogen and oxygen atoms in total. The van der Waals surface area contributed by atoms with Gasteiger partial charge in [-0.15, -0.1) is 0 Å². The van der Waals surface area contributed by atoms with Gasteiger partial charge in [0.25, 0.3) is 0 Å². The molecule has 286 valence electrons. The molecule has 3 aliphatic rings. The van der Waals surface area contributed by atoms with Gasteiger partial charge in [-0.2, -0.15) is 4.98 Å². The number of anilines is 1. The van der Waals surface area contributed by atoms with Crippen molar-refractivity contribution in [2.45, 2.75) is 135 Å². The zero-order valence-corrected chi connectivity index (χ0v) is 31.2. The lowest BCUT2D eigenvalue weighted by Gasteiger charge is -2.47. The molecule has 2 aliphatic carbocycles. The highest BCUT2D eigenvalue weighted by atomic mass is 31.2. The number of hydrogen-bond acceptors (Lipinski definition) is 13. The summed E-state index contributed by atoms with van der Waals surface area (Å²) in [6.07, 6.45) is 2.75. The van der Waals surface area contributed by atoms with Gasteiger partial charge in [0.2, 0.25) is 0 Å². The summed E-state index contributed by atoms with van der Waals surface area (Å²) in [6.45, 7) is 10.6. The number of H-pyrrole nitrogens is 1. The number of ether oxygens (including phenoxy) is 3. The van der Waals surface area contributed by atoms with E-state index in [-0.39, 0.29) is 50.4 Å². The minimum Gasteiger partial charge on any atom is -0.465 e. The number of nitrogens with zero attached hydrogens (tertiary/aromatic N) is 3. The Morgan fingerprint density at radius 2 is 1.67 bits per heavy atom. The van der Waals surface area contributed by atoms with Crippen LogP contribution in [0, 0.1) is 11.8 Å². The van der Waals surface area contributed by atoms with Gasteiger partial charge in [0.15, 0.2) is 5.65 Å². The van der Waals surface area contributed by atoms with Crippen molar-refractivity contribution in [1.29, 1.82) is 0 Å². The molecular formula is C33H54N7O10P. The maximum Gasteiger partial charge on any atom is 0.348 e. The quantitative estimate of drug-likeness (QED) is 0.0954. The van der Waals surface area contributed by atoms with E-state index in [1.807, 2.05) is 27.7 Å². The molecule has 0 amide bonds. The van der Waals surface area contributed by atoms with Crippen molar-refractivity contribution < 1.29 is 43.1 Å². The molecule has 18 heteroatoms. The molecule has 7 atom stereocenters. The predicted octanol–water partition coefficient (Wildman–Crippen LogP) is 2.54. The van der Waals surface area contributed by atoms with E-state index >= 15 is 0 Å². The fraction of sp³-hybridized carbons (Fsp3) is 0.788. The molecule has 0 bridgehead atoms. The summed E-state index contributed by atoms with van der Waals surface area (Å²) in [4.78, 5) is 49.9. The second kappa shape index (κ2) is 16.4. The minimum absolute atomic E-state index is 0.00225. The van der Waals surface area contributed by atoms with E-state index in [1.165, 1.54) is 6.33 Å². The molecule has 0 spiro atoms. The van der Waals surface area contributed by atoms with Gasteiger partial charge in [-0.3, -0.25) is 19.1 Å². The second-order valence-electron chi connectivity index (χ2n) is 14.6. The van der Waals surface area contributed by atoms with Gasteiger partial charge in [-0.25, -0.2) is 20.0 Å². The van der Waals surface area contributed by atoms with E-state index in [9.17, 15) is 29.2 Å². The lowest BCUT2D eigenvalue weighted by molar-refractivity contribution is -0.170. The first kappa shape index (κ1) is 39.3. The molecule has 3 fully saturated rings. The normalized spacial score (nSPS) is 26.3. The largest absolute Gasteiger partial charge is 0.465 e. The summed E-state index contributed by atoms with van der Waals surface area (Å²) in [5.41, 5.74) is -1.44. The van der Waals surface area contributed by atoms with Crippen molar-refractivity contribution in [1.82, 2.24) is 29.7 Å². The van der Waals surface area contributed by atoms with Crippen LogP contribution >= 0.6 is 7.67 Å². The van der Waals surface area contributed by atoms with Crippen molar-refractivity contribution in [2.24, 2.45) is 11.8 Å². The number of aromatic nitrogens is 4. The van der Waals surface area contributed by atoms with Gasteiger partial charge >= 0.3 is 25.3 Å². The average molecular weight is 740 g/mol. The van der Waals surface area contributed by atoms with Crippen LogP contribution in [0.1, 0.15) is 92.5 Å². The topological polar surface area (TPSA) is 228 Å². The Kier molecular flexibility index (Phi) is 12.6. The number of hydrogen-bond donors (Lipinski definition) is 6. The number of carbonyl (C=O) groups is 2. The zero-order valence-electron chi connectivity index (χ0n) is 30.3. The number of rotatable bonds is 18. The lowest BCUT2D eigenvalue weighted by atomic mass is 9.70. The fourth-order valence-corrected chi connectivity index (χ4v) is 9.10. The van der Waals surface area contributed by atoms with Crippen LogP contribution in [0.15, 0.2) is 11.1 Å². The molecule has 2 unspecified atom stereocenters. The first-order valence-corrected chi connectivity index (χ1v) is 19.7. The third-order valence-electron chi connectivity index (χ3n) is 9.70. The number of aliphatic hydroxyl groups is 2. The minimum atomic E-state index is -4.28. The summed E-state index contributed by atoms with van der Waals surface area (Å²) in [5.74, 6) is -0.795. The standard InChI is InChI=1S/C33H54N7O10P/c1-7-47-30(42)21(13-18(3)4)38-51(46,39-22(14-19(5)6)31(43)48-8-2)49-16-24-26(41)33(45)15-23(27(33)50-24)40-17-34-25-28(35-20-11-9-10-12-20)36-32(44)37-29(25)40/h17-24,26-27,41,45H,7-16H2,1-6H3,(H2,38,39,46)(H2,35,36,37,44)/t21-,22-,23?,24+,26?,27-,33-/m0/s1. The zero-order chi connectivity index (χ0) is 37.1. The first-order chi connectivity index (χ1) is 24.2. The van der Waals surface area contributed by atoms with E-state index < -0.39 is 73.9 Å². The molecule has 2 aromatic heterocycles. The average Bonchev–Trinajstić information content (AvgIpc) is 3.76. The van der Waals surface area contributed by atoms with Crippen molar-refractivity contribution in [3.05, 3.63) is 16.8 Å². The molecule has 1 aliphatic heterocycles. The second-order valence-corrected chi connectivity index (χ2v) is 16.5. The van der Waals surface area contributed by atoms with Crippen LogP contribution in [0.5, 0.6) is 0 Å². The Labute approximate surface area is 297 Å². The molecule has 5 rings (SSSR count). The van der Waals surface area contributed by atoms with Crippen LogP contribution in [0.25, 0.3) is 11.2 Å². The smallest absolute Gasteiger partial charge is 0.348 e. The fourth-order valence-electron chi connectivity index (χ4n) is 7.27. The summed E-state index contributed by atoms with van der Waals surface area (Å²) in [7, 11) is -4.28. The Morgan fingerprint density at radius 3 is 2.22 bits per heavy atom. The summed E-state index contributed by atoms with van der Waals surface area (Å²) in [5, 5.41) is 31.8. The van der Waals surface area contributed by atoms with Gasteiger partial charge in [-0.1, -0.05) is 40.5 Å². The molecular weight excluding hydrogens is 685 g/mol. The van der Waals surface area contributed by atoms with Crippen molar-refractivity contribution >= 4 is 36.6 Å². The highest BCUT2D eigenvalue weighted by molar-refractivity contribution is 7.54. The van der Waals surface area contributed by atoms with Crippen LogP contribution in [-0.4, -0.2) is 104 Å². The third-order valence-corrected chi connectivity index (χ3v) is 11.5. The third kappa shape index (κ3) is 8.83. The van der Waals surface area contributed by atoms with E-state index in [1.54, 1.807) is 18.4 Å². The van der Waals surface area contributed by atoms with Crippen LogP contribution < -0.4 is 21.2 Å². The molecule has 2 saturated carbocycles. The Bertz CT molecular complexity index is 1590. The highest BCUT2D eigenvalue weighted by Crippen LogP contribution is 2.53. The Hall–Kier alpha value is -2.92. The van der Waals surface area contributed by atoms with Crippen molar-refractivity contribution in [3.8, 4) is 0 Å². The van der Waals surface area contributed by atoms with Crippen molar-refractivity contribution in [2.75, 3.05) is 25.1 Å². The lowest BCUT2D eigenvalue weighted by Crippen LogP contribution is -2.61. The maximum absolute atomic E-state index is 14.6. The first-order valence-electron chi connectivity index (χ1n) is 18.1. The van der Waals surface area contributed by atoms with Gasteiger partial charge in [0.1, 0.15) is 47.3 Å². The van der Waals surface area contributed by atoms with E-state index in [0.717, 1.165) is 25.7 Å². The Balaban J connectivity index is 1.36. The number of imidazole rings is 1. The van der Waals surface area contributed by atoms with Gasteiger partial charge in [0, 0.05) is 12.5 Å². The monoisotopic (exact) mass is 739 g/mol. The number of fused-ring (bicyclic) bond motifs is 2. The van der Waals surface area contributed by atoms with Gasteiger partial charge < -0.3 is 38.8 Å². The van der Waals surface area contributed by atoms with Crippen LogP contribution in [0.2, 0.25) is 0 Å². The number of aliphatic hydroxyl groups excluding tert-OH is 1. The van der Waals surface area contributed by atoms with E-state index in [0.29, 0.717) is 17.0 Å². The van der Waals surface area contributed by atoms with Crippen LogP contribution in [0.4, 0.5) is 5.82 Å². The summed E-state index contributed by atoms with van der Waals surface area (Å²) in [6, 6.07) is -2.42. The summed E-state index contributed by atoms with van der Waals surface area (Å²) < 4.78 is 38.9. The van der Waals surface area contributed by atoms with Crippen molar-refractivity contribution in [3.63, 3.8) is 0 Å². The van der Waals surface area contributed by atoms with Crippen LogP contribution in [0.3, 0.4) is 0 Å². The molecule has 51 heavy (non-hydrogen) atoms. The number of carbonyl (C=O) groups excluding carboxylic acids is 2. The maximum atomic E-state index is 14.6. The van der Waals surface area contributed by atoms with E-state index in [4.69, 9.17) is 18.7 Å². The SMILES string of the molecule is CCOC(=O)[C@H](CC(C)C)NP(=O)(N[C@@H](CC(C)C)C(=O)OCC)OC[C@H]1O[C@H]2C(n3cnc4c(NC5CCCC5)[nH]c(=O)nc43)C[C@]2(O)C1O. The molecule has 0 aromatic carbocycles. The Morgan fingerprint density at radius 1 is 1.08 bits per heavy atom. The van der Waals surface area contributed by atoms with Gasteiger partial charge in [0.05, 0.1) is 32.2 Å². The number of nitrogens with one attached hydrogen (secondary N) is 4. The summed E-state index contributed by atoms with van der Waals surface area (Å²) >= 11 is 0. The highest BCUT2D eigenvalue weighted by Gasteiger charge is 2.66. The van der Waals surface area contributed by atoms with Crippen LogP contribution in [-0.2, 0) is 32.9 Å². The number of aromatic amines is 1. The molecule has 6 N–H and O–H groups in total. The number of esters is 2. The predicted molar refractivity (Wildman–Crippen MR) is 187 cm³/mol. The molecule has 1 saturated heterocycles. The molecule has 2 aromatic rings. The van der Waals surface area contributed by atoms with E-state index in [2.05, 4.69) is 30.4 Å². The molecule has 3 heterocycles. The van der Waals surface area contributed by atoms with Gasteiger partial charge in [-0.05, 0) is 51.4 Å². The molecule has 0 radical (unpaired) electrons.